The standard InChI is InChI=1S/C25H26N2O4S/c1-4-15-31-24-10-6-8-22(17-24)26-25(28)21-13-11-20(12-14-21)18-27(32(3,29)30)23-9-5-7-19(2)16-23/h4-14,16-17H,1,15,18H2,2-3H3,(H,26,28). The van der Waals surface area contributed by atoms with Gasteiger partial charge in [0.2, 0.25) is 10.0 Å². The molecule has 1 N–H and O–H groups in total. The highest BCUT2D eigenvalue weighted by molar-refractivity contribution is 7.92. The minimum Gasteiger partial charge on any atom is -0.489 e. The SMILES string of the molecule is C=CCOc1cccc(NC(=O)c2ccc(CN(c3cccc(C)c3)S(C)(=O)=O)cc2)c1. The molecule has 0 aliphatic carbocycles. The number of anilines is 2. The average Bonchev–Trinajstić information content (AvgIpc) is 2.76. The fourth-order valence-corrected chi connectivity index (χ4v) is 4.01. The quantitative estimate of drug-likeness (QED) is 0.476. The Hall–Kier alpha value is -3.58. The first kappa shape index (κ1) is 23.1. The van der Waals surface area contributed by atoms with Gasteiger partial charge in [-0.05, 0) is 54.4 Å². The second kappa shape index (κ2) is 10.2. The summed E-state index contributed by atoms with van der Waals surface area (Å²) < 4.78 is 31.6. The van der Waals surface area contributed by atoms with Gasteiger partial charge in [-0.25, -0.2) is 8.42 Å². The van der Waals surface area contributed by atoms with Crippen molar-refractivity contribution in [3.8, 4) is 5.75 Å². The Kier molecular flexibility index (Phi) is 7.33. The molecule has 0 radical (unpaired) electrons. The number of sulfonamides is 1. The van der Waals surface area contributed by atoms with Crippen LogP contribution in [0.5, 0.6) is 5.75 Å². The Morgan fingerprint density at radius 2 is 1.78 bits per heavy atom. The Morgan fingerprint density at radius 1 is 1.06 bits per heavy atom. The molecule has 6 nitrogen and oxygen atoms in total. The van der Waals surface area contributed by atoms with Gasteiger partial charge < -0.3 is 10.1 Å². The van der Waals surface area contributed by atoms with E-state index in [9.17, 15) is 13.2 Å². The van der Waals surface area contributed by atoms with Gasteiger partial charge in [0.15, 0.2) is 0 Å². The molecule has 0 saturated heterocycles. The number of hydrogen-bond donors (Lipinski definition) is 1. The summed E-state index contributed by atoms with van der Waals surface area (Å²) in [5.41, 5.74) is 3.43. The molecule has 1 amide bonds. The summed E-state index contributed by atoms with van der Waals surface area (Å²) in [6, 6.07) is 21.3. The van der Waals surface area contributed by atoms with Gasteiger partial charge in [-0.2, -0.15) is 0 Å². The van der Waals surface area contributed by atoms with Crippen LogP contribution in [0.1, 0.15) is 21.5 Å². The Balaban J connectivity index is 1.72. The predicted octanol–water partition coefficient (Wildman–Crippen LogP) is 4.78. The fraction of sp³-hybridized carbons (Fsp3) is 0.160. The van der Waals surface area contributed by atoms with Crippen LogP contribution in [0.2, 0.25) is 0 Å². The van der Waals surface area contributed by atoms with E-state index < -0.39 is 10.0 Å². The van der Waals surface area contributed by atoms with Gasteiger partial charge >= 0.3 is 0 Å². The van der Waals surface area contributed by atoms with Crippen LogP contribution in [0.15, 0.2) is 85.5 Å². The molecule has 0 aliphatic heterocycles. The lowest BCUT2D eigenvalue weighted by Gasteiger charge is -2.23. The molecular formula is C25H26N2O4S. The van der Waals surface area contributed by atoms with E-state index in [-0.39, 0.29) is 12.5 Å². The second-order valence-corrected chi connectivity index (χ2v) is 9.29. The van der Waals surface area contributed by atoms with Crippen LogP contribution in [-0.4, -0.2) is 27.2 Å². The minimum absolute atomic E-state index is 0.173. The number of nitrogens with one attached hydrogen (secondary N) is 1. The lowest BCUT2D eigenvalue weighted by Crippen LogP contribution is -2.29. The van der Waals surface area contributed by atoms with Crippen molar-refractivity contribution >= 4 is 27.3 Å². The first-order valence-electron chi connectivity index (χ1n) is 10.0. The van der Waals surface area contributed by atoms with Crippen molar-refractivity contribution in [2.45, 2.75) is 13.5 Å². The topological polar surface area (TPSA) is 75.7 Å². The highest BCUT2D eigenvalue weighted by Gasteiger charge is 2.18. The summed E-state index contributed by atoms with van der Waals surface area (Å²) in [5.74, 6) is 0.367. The largest absolute Gasteiger partial charge is 0.489 e. The molecule has 0 heterocycles. The van der Waals surface area contributed by atoms with E-state index in [1.807, 2.05) is 25.1 Å². The van der Waals surface area contributed by atoms with Crippen LogP contribution < -0.4 is 14.4 Å². The third kappa shape index (κ3) is 6.21. The molecule has 32 heavy (non-hydrogen) atoms. The molecule has 0 spiro atoms. The third-order valence-corrected chi connectivity index (χ3v) is 5.83. The number of rotatable bonds is 9. The molecule has 0 fully saturated rings. The van der Waals surface area contributed by atoms with E-state index in [1.54, 1.807) is 60.7 Å². The molecule has 0 atom stereocenters. The number of carbonyl (C=O) groups is 1. The van der Waals surface area contributed by atoms with E-state index in [4.69, 9.17) is 4.74 Å². The number of nitrogens with zero attached hydrogens (tertiary/aromatic N) is 1. The van der Waals surface area contributed by atoms with E-state index in [1.165, 1.54) is 10.6 Å². The number of amides is 1. The summed E-state index contributed by atoms with van der Waals surface area (Å²) in [7, 11) is -3.47. The number of benzene rings is 3. The number of carbonyl (C=O) groups excluding carboxylic acids is 1. The molecule has 7 heteroatoms. The van der Waals surface area contributed by atoms with E-state index in [0.29, 0.717) is 29.3 Å². The summed E-state index contributed by atoms with van der Waals surface area (Å²) >= 11 is 0. The van der Waals surface area contributed by atoms with Crippen LogP contribution in [0.3, 0.4) is 0 Å². The zero-order valence-corrected chi connectivity index (χ0v) is 18.9. The fourth-order valence-electron chi connectivity index (χ4n) is 3.13. The molecule has 0 aromatic heterocycles. The van der Waals surface area contributed by atoms with E-state index in [0.717, 1.165) is 11.1 Å². The second-order valence-electron chi connectivity index (χ2n) is 7.39. The van der Waals surface area contributed by atoms with Gasteiger partial charge in [-0.15, -0.1) is 0 Å². The molecule has 3 aromatic carbocycles. The summed E-state index contributed by atoms with van der Waals surface area (Å²) in [6.07, 6.45) is 2.83. The molecule has 166 valence electrons. The zero-order chi connectivity index (χ0) is 23.1. The van der Waals surface area contributed by atoms with Gasteiger partial charge in [-0.1, -0.05) is 43.0 Å². The van der Waals surface area contributed by atoms with Crippen molar-refractivity contribution in [2.24, 2.45) is 0 Å². The molecule has 0 unspecified atom stereocenters. The van der Waals surface area contributed by atoms with Crippen molar-refractivity contribution < 1.29 is 17.9 Å². The van der Waals surface area contributed by atoms with Gasteiger partial charge in [-0.3, -0.25) is 9.10 Å². The van der Waals surface area contributed by atoms with Crippen molar-refractivity contribution in [3.05, 3.63) is 102 Å². The molecular weight excluding hydrogens is 424 g/mol. The van der Waals surface area contributed by atoms with Crippen molar-refractivity contribution in [3.63, 3.8) is 0 Å². The number of hydrogen-bond acceptors (Lipinski definition) is 4. The van der Waals surface area contributed by atoms with E-state index in [2.05, 4.69) is 11.9 Å². The lowest BCUT2D eigenvalue weighted by atomic mass is 10.1. The average molecular weight is 451 g/mol. The van der Waals surface area contributed by atoms with Gasteiger partial charge in [0, 0.05) is 17.3 Å². The number of ether oxygens (including phenoxy) is 1. The van der Waals surface area contributed by atoms with Crippen molar-refractivity contribution in [1.82, 2.24) is 0 Å². The van der Waals surface area contributed by atoms with Crippen LogP contribution >= 0.6 is 0 Å². The zero-order valence-electron chi connectivity index (χ0n) is 18.1. The van der Waals surface area contributed by atoms with Gasteiger partial charge in [0.1, 0.15) is 12.4 Å². The van der Waals surface area contributed by atoms with Crippen LogP contribution in [-0.2, 0) is 16.6 Å². The molecule has 0 saturated carbocycles. The van der Waals surface area contributed by atoms with Crippen LogP contribution in [0.25, 0.3) is 0 Å². The van der Waals surface area contributed by atoms with Crippen molar-refractivity contribution in [1.29, 1.82) is 0 Å². The van der Waals surface area contributed by atoms with E-state index >= 15 is 0 Å². The highest BCUT2D eigenvalue weighted by atomic mass is 32.2. The van der Waals surface area contributed by atoms with Crippen molar-refractivity contribution in [2.75, 3.05) is 22.5 Å². The molecule has 0 bridgehead atoms. The molecule has 3 rings (SSSR count). The number of aryl methyl sites for hydroxylation is 1. The normalized spacial score (nSPS) is 10.9. The van der Waals surface area contributed by atoms with Crippen LogP contribution in [0.4, 0.5) is 11.4 Å². The first-order valence-corrected chi connectivity index (χ1v) is 11.9. The lowest BCUT2D eigenvalue weighted by molar-refractivity contribution is 0.102. The monoisotopic (exact) mass is 450 g/mol. The summed E-state index contributed by atoms with van der Waals surface area (Å²) in [6.45, 7) is 6.08. The maximum Gasteiger partial charge on any atom is 0.255 e. The van der Waals surface area contributed by atoms with Gasteiger partial charge in [0.05, 0.1) is 18.5 Å². The maximum absolute atomic E-state index is 12.6. The predicted molar refractivity (Wildman–Crippen MR) is 129 cm³/mol. The van der Waals surface area contributed by atoms with Crippen LogP contribution in [0, 0.1) is 6.92 Å². The Morgan fingerprint density at radius 3 is 2.44 bits per heavy atom. The Bertz CT molecular complexity index is 1200. The first-order chi connectivity index (χ1) is 15.3. The summed E-state index contributed by atoms with van der Waals surface area (Å²) in [4.78, 5) is 12.6. The molecule has 0 aliphatic rings. The third-order valence-electron chi connectivity index (χ3n) is 4.69. The minimum atomic E-state index is -3.47. The highest BCUT2D eigenvalue weighted by Crippen LogP contribution is 2.22. The smallest absolute Gasteiger partial charge is 0.255 e. The van der Waals surface area contributed by atoms with Gasteiger partial charge in [0.25, 0.3) is 5.91 Å². The Labute approximate surface area is 189 Å². The summed E-state index contributed by atoms with van der Waals surface area (Å²) in [5, 5.41) is 2.84. The molecule has 3 aromatic rings. The maximum atomic E-state index is 12.6.